The quantitative estimate of drug-likeness (QED) is 0.724. The van der Waals surface area contributed by atoms with Gasteiger partial charge in [0.2, 0.25) is 0 Å². The van der Waals surface area contributed by atoms with Crippen LogP contribution in [0.15, 0.2) is 54.7 Å². The van der Waals surface area contributed by atoms with Gasteiger partial charge < -0.3 is 15.6 Å². The molecule has 0 aliphatic heterocycles. The highest BCUT2D eigenvalue weighted by Gasteiger charge is 2.14. The molecule has 0 fully saturated rings. The number of ether oxygens (including phenoxy) is 1. The van der Waals surface area contributed by atoms with Crippen LogP contribution in [-0.4, -0.2) is 17.2 Å². The van der Waals surface area contributed by atoms with Crippen molar-refractivity contribution in [2.45, 2.75) is 6.10 Å². The first-order valence-electron chi connectivity index (χ1n) is 6.65. The molecule has 3 aromatic rings. The molecule has 3 N–H and O–H groups in total. The highest BCUT2D eigenvalue weighted by atomic mass is 16.5. The van der Waals surface area contributed by atoms with Gasteiger partial charge in [-0.15, -0.1) is 0 Å². The number of rotatable bonds is 3. The van der Waals surface area contributed by atoms with E-state index in [1.165, 1.54) is 0 Å². The van der Waals surface area contributed by atoms with Crippen LogP contribution in [0, 0.1) is 0 Å². The fourth-order valence-corrected chi connectivity index (χ4v) is 2.37. The molecule has 0 aliphatic rings. The molecule has 0 saturated heterocycles. The Labute approximate surface area is 122 Å². The van der Waals surface area contributed by atoms with Gasteiger partial charge >= 0.3 is 0 Å². The van der Waals surface area contributed by atoms with Crippen LogP contribution in [-0.2, 0) is 0 Å². The maximum atomic E-state index is 10.6. The molecule has 106 valence electrons. The first kappa shape index (κ1) is 13.4. The van der Waals surface area contributed by atoms with Crippen molar-refractivity contribution in [2.75, 3.05) is 12.8 Å². The Kier molecular flexibility index (Phi) is 3.46. The van der Waals surface area contributed by atoms with Gasteiger partial charge in [0.25, 0.3) is 0 Å². The summed E-state index contributed by atoms with van der Waals surface area (Å²) < 4.78 is 5.20. The zero-order chi connectivity index (χ0) is 14.8. The molecule has 4 heteroatoms. The molecule has 4 nitrogen and oxygen atoms in total. The molecule has 1 heterocycles. The zero-order valence-corrected chi connectivity index (χ0v) is 11.7. The van der Waals surface area contributed by atoms with Gasteiger partial charge in [-0.3, -0.25) is 4.98 Å². The minimum atomic E-state index is -0.718. The fourth-order valence-electron chi connectivity index (χ4n) is 2.37. The Balaban J connectivity index is 2.09. The standard InChI is InChI=1S/C17H16N2O2/c1-21-13-6-7-14-15(8-9-19-16(14)10-13)17(20)11-2-4-12(18)5-3-11/h2-10,17,20H,18H2,1H3/t17-/m0/s1. The van der Waals surface area contributed by atoms with Crippen molar-refractivity contribution < 1.29 is 9.84 Å². The number of benzene rings is 2. The van der Waals surface area contributed by atoms with Gasteiger partial charge in [-0.1, -0.05) is 12.1 Å². The van der Waals surface area contributed by atoms with E-state index < -0.39 is 6.10 Å². The van der Waals surface area contributed by atoms with Gasteiger partial charge in [0.05, 0.1) is 12.6 Å². The smallest absolute Gasteiger partial charge is 0.121 e. The molecule has 0 saturated carbocycles. The molecule has 1 atom stereocenters. The minimum absolute atomic E-state index is 0.676. The maximum Gasteiger partial charge on any atom is 0.121 e. The van der Waals surface area contributed by atoms with E-state index in [0.717, 1.165) is 27.8 Å². The Morgan fingerprint density at radius 1 is 1.10 bits per heavy atom. The van der Waals surface area contributed by atoms with Crippen molar-refractivity contribution >= 4 is 16.6 Å². The molecule has 0 radical (unpaired) electrons. The number of hydrogen-bond acceptors (Lipinski definition) is 4. The Morgan fingerprint density at radius 3 is 2.57 bits per heavy atom. The van der Waals surface area contributed by atoms with Crippen molar-refractivity contribution in [3.63, 3.8) is 0 Å². The second-order valence-corrected chi connectivity index (χ2v) is 4.85. The summed E-state index contributed by atoms with van der Waals surface area (Å²) in [6.07, 6.45) is 0.974. The van der Waals surface area contributed by atoms with Gasteiger partial charge in [0.15, 0.2) is 0 Å². The van der Waals surface area contributed by atoms with Crippen LogP contribution >= 0.6 is 0 Å². The van der Waals surface area contributed by atoms with Crippen LogP contribution in [0.3, 0.4) is 0 Å². The molecule has 2 aromatic carbocycles. The van der Waals surface area contributed by atoms with Crippen LogP contribution in [0.5, 0.6) is 5.75 Å². The average Bonchev–Trinajstić information content (AvgIpc) is 2.53. The lowest BCUT2D eigenvalue weighted by molar-refractivity contribution is 0.222. The second kappa shape index (κ2) is 5.42. The number of nitrogens with zero attached hydrogens (tertiary/aromatic N) is 1. The van der Waals surface area contributed by atoms with E-state index >= 15 is 0 Å². The molecule has 21 heavy (non-hydrogen) atoms. The first-order valence-corrected chi connectivity index (χ1v) is 6.65. The van der Waals surface area contributed by atoms with Crippen molar-refractivity contribution in [3.8, 4) is 5.75 Å². The lowest BCUT2D eigenvalue weighted by Crippen LogP contribution is -2.01. The van der Waals surface area contributed by atoms with Gasteiger partial charge in [0, 0.05) is 23.3 Å². The van der Waals surface area contributed by atoms with E-state index in [2.05, 4.69) is 4.98 Å². The first-order chi connectivity index (χ1) is 10.2. The number of fused-ring (bicyclic) bond motifs is 1. The van der Waals surface area contributed by atoms with E-state index in [9.17, 15) is 5.11 Å². The number of nitrogen functional groups attached to an aromatic ring is 1. The van der Waals surface area contributed by atoms with Crippen molar-refractivity contribution in [3.05, 3.63) is 65.9 Å². The number of aliphatic hydroxyl groups is 1. The molecule has 1 aromatic heterocycles. The van der Waals surface area contributed by atoms with Crippen LogP contribution in [0.1, 0.15) is 17.2 Å². The minimum Gasteiger partial charge on any atom is -0.497 e. The highest BCUT2D eigenvalue weighted by molar-refractivity contribution is 5.84. The largest absolute Gasteiger partial charge is 0.497 e. The third-order valence-electron chi connectivity index (χ3n) is 3.53. The van der Waals surface area contributed by atoms with E-state index in [1.54, 1.807) is 25.4 Å². The normalized spacial score (nSPS) is 12.3. The topological polar surface area (TPSA) is 68.4 Å². The summed E-state index contributed by atoms with van der Waals surface area (Å²) in [5.74, 6) is 0.745. The summed E-state index contributed by atoms with van der Waals surface area (Å²) in [5.41, 5.74) is 8.76. The SMILES string of the molecule is COc1ccc2c([C@@H](O)c3ccc(N)cc3)ccnc2c1. The molecular weight excluding hydrogens is 264 g/mol. The monoisotopic (exact) mass is 280 g/mol. The number of pyridine rings is 1. The molecular formula is C17H16N2O2. The van der Waals surface area contributed by atoms with Gasteiger partial charge in [0.1, 0.15) is 11.9 Å². The summed E-state index contributed by atoms with van der Waals surface area (Å²) in [4.78, 5) is 4.33. The number of aliphatic hydroxyl groups excluding tert-OH is 1. The summed E-state index contributed by atoms with van der Waals surface area (Å²) in [6.45, 7) is 0. The lowest BCUT2D eigenvalue weighted by Gasteiger charge is -2.14. The van der Waals surface area contributed by atoms with Crippen molar-refractivity contribution in [1.82, 2.24) is 4.98 Å². The average molecular weight is 280 g/mol. The van der Waals surface area contributed by atoms with Gasteiger partial charge in [-0.2, -0.15) is 0 Å². The maximum absolute atomic E-state index is 10.6. The van der Waals surface area contributed by atoms with E-state index in [4.69, 9.17) is 10.5 Å². The molecule has 0 unspecified atom stereocenters. The van der Waals surface area contributed by atoms with Crippen LogP contribution < -0.4 is 10.5 Å². The van der Waals surface area contributed by atoms with Crippen LogP contribution in [0.25, 0.3) is 10.9 Å². The fraction of sp³-hybridized carbons (Fsp3) is 0.118. The third kappa shape index (κ3) is 2.53. The summed E-state index contributed by atoms with van der Waals surface area (Å²) in [7, 11) is 1.62. The van der Waals surface area contributed by atoms with Crippen molar-refractivity contribution in [2.24, 2.45) is 0 Å². The predicted octanol–water partition coefficient (Wildman–Crippen LogP) is 2.91. The Hall–Kier alpha value is -2.59. The number of anilines is 1. The summed E-state index contributed by atoms with van der Waals surface area (Å²) >= 11 is 0. The zero-order valence-electron chi connectivity index (χ0n) is 11.7. The second-order valence-electron chi connectivity index (χ2n) is 4.85. The Bertz CT molecular complexity index is 769. The van der Waals surface area contributed by atoms with E-state index in [-0.39, 0.29) is 0 Å². The highest BCUT2D eigenvalue weighted by Crippen LogP contribution is 2.30. The number of aromatic nitrogens is 1. The molecule has 0 aliphatic carbocycles. The Morgan fingerprint density at radius 2 is 1.86 bits per heavy atom. The molecule has 0 amide bonds. The van der Waals surface area contributed by atoms with E-state index in [1.807, 2.05) is 36.4 Å². The number of hydrogen-bond donors (Lipinski definition) is 2. The van der Waals surface area contributed by atoms with E-state index in [0.29, 0.717) is 5.69 Å². The number of methoxy groups -OCH3 is 1. The van der Waals surface area contributed by atoms with Gasteiger partial charge in [-0.25, -0.2) is 0 Å². The lowest BCUT2D eigenvalue weighted by atomic mass is 9.98. The molecule has 0 bridgehead atoms. The molecule has 3 rings (SSSR count). The van der Waals surface area contributed by atoms with Gasteiger partial charge in [-0.05, 0) is 41.5 Å². The summed E-state index contributed by atoms with van der Waals surface area (Å²) in [6, 6.07) is 14.7. The predicted molar refractivity (Wildman–Crippen MR) is 83.2 cm³/mol. The van der Waals surface area contributed by atoms with Crippen molar-refractivity contribution in [1.29, 1.82) is 0 Å². The molecule has 0 spiro atoms. The third-order valence-corrected chi connectivity index (χ3v) is 3.53. The van der Waals surface area contributed by atoms with Crippen LogP contribution in [0.4, 0.5) is 5.69 Å². The summed E-state index contributed by atoms with van der Waals surface area (Å²) in [5, 5.41) is 11.5. The van der Waals surface area contributed by atoms with Crippen LogP contribution in [0.2, 0.25) is 0 Å². The number of nitrogens with two attached hydrogens (primary N) is 1.